The minimum Gasteiger partial charge on any atom is -0.464 e. The molecule has 0 rings (SSSR count). The summed E-state index contributed by atoms with van der Waals surface area (Å²) in [6, 6.07) is 0. The first-order valence-corrected chi connectivity index (χ1v) is 1.76. The Kier molecular flexibility index (Phi) is 19.0. The van der Waals surface area contributed by atoms with Gasteiger partial charge >= 0.3 is 0 Å². The summed E-state index contributed by atoms with van der Waals surface area (Å²) in [5.41, 5.74) is 0. The van der Waals surface area contributed by atoms with Gasteiger partial charge in [-0.05, 0) is 0 Å². The predicted molar refractivity (Wildman–Crippen MR) is 30.2 cm³/mol. The Bertz CT molecular complexity index is 85.0. The molecule has 0 unspecified atom stereocenters. The van der Waals surface area contributed by atoms with Crippen LogP contribution in [0.15, 0.2) is 0 Å². The monoisotopic (exact) mass is 298 g/mol. The van der Waals surface area contributed by atoms with Crippen molar-refractivity contribution >= 4 is 12.3 Å². The predicted octanol–water partition coefficient (Wildman–Crippen LogP) is -0.158. The van der Waals surface area contributed by atoms with E-state index in [0.717, 1.165) is 0 Å². The number of rotatable bonds is 2. The van der Waals surface area contributed by atoms with E-state index in [1.165, 1.54) is 6.41 Å². The molecule has 0 aliphatic carbocycles. The Morgan fingerprint density at radius 3 is 2.22 bits per heavy atom. The first-order chi connectivity index (χ1) is 3.31. The summed E-state index contributed by atoms with van der Waals surface area (Å²) < 4.78 is 0. The van der Waals surface area contributed by atoms with Crippen molar-refractivity contribution in [3.05, 3.63) is 14.4 Å². The van der Waals surface area contributed by atoms with Gasteiger partial charge in [0.2, 0.25) is 0 Å². The summed E-state index contributed by atoms with van der Waals surface area (Å²) in [5, 5.41) is 1.79. The molecule has 3 nitrogen and oxygen atoms in total. The Labute approximate surface area is 69.5 Å². The normalized spacial score (nSPS) is 5.89. The van der Waals surface area contributed by atoms with Gasteiger partial charge in [-0.25, -0.2) is 0 Å². The fraction of sp³-hybridized carbons (Fsp3) is 0.200. The van der Waals surface area contributed by atoms with Crippen LogP contribution in [0.1, 0.15) is 6.42 Å². The van der Waals surface area contributed by atoms with Gasteiger partial charge in [0.15, 0.2) is 0 Å². The maximum absolute atomic E-state index is 9.98. The molecule has 0 aromatic rings. The molecular formula is C5H8NO2W-3. The average molecular weight is 298 g/mol. The van der Waals surface area contributed by atoms with Gasteiger partial charge in [0.1, 0.15) is 0 Å². The van der Waals surface area contributed by atoms with Gasteiger partial charge in [0.25, 0.3) is 0 Å². The number of hydrogen-bond donors (Lipinski definition) is 1. The number of hydrogen-bond acceptors (Lipinski definition) is 2. The van der Waals surface area contributed by atoms with E-state index in [9.17, 15) is 9.59 Å². The van der Waals surface area contributed by atoms with E-state index >= 15 is 0 Å². The molecular weight excluding hydrogens is 290 g/mol. The Hall–Kier alpha value is -0.172. The van der Waals surface area contributed by atoms with Gasteiger partial charge in [0, 0.05) is 27.0 Å². The van der Waals surface area contributed by atoms with Crippen LogP contribution in [0.25, 0.3) is 0 Å². The topological polar surface area (TPSA) is 46.2 Å². The maximum Gasteiger partial charge on any atom is 0.0713 e. The second-order valence-electron chi connectivity index (χ2n) is 0.900. The molecule has 0 spiro atoms. The molecule has 4 heteroatoms. The third-order valence-corrected chi connectivity index (χ3v) is 0.418. The molecule has 0 radical (unpaired) electrons. The van der Waals surface area contributed by atoms with Gasteiger partial charge in [-0.2, -0.15) is 6.42 Å². The number of carbonyl (C=O) groups is 1. The maximum atomic E-state index is 9.98. The molecule has 0 heterocycles. The molecule has 0 bridgehead atoms. The summed E-state index contributed by atoms with van der Waals surface area (Å²) >= 11 is 0. The third kappa shape index (κ3) is 11.4. The van der Waals surface area contributed by atoms with Crippen molar-refractivity contribution in [3.8, 4) is 0 Å². The van der Waals surface area contributed by atoms with Crippen molar-refractivity contribution in [1.82, 2.24) is 5.32 Å². The molecule has 0 saturated carbocycles. The molecule has 0 atom stereocenters. The molecule has 54 valence electrons. The van der Waals surface area contributed by atoms with Gasteiger partial charge in [-0.15, -0.1) is 0 Å². The molecule has 0 aromatic carbocycles. The van der Waals surface area contributed by atoms with E-state index in [1.807, 2.05) is 0 Å². The van der Waals surface area contributed by atoms with E-state index < -0.39 is 5.91 Å². The van der Waals surface area contributed by atoms with E-state index in [-0.39, 0.29) is 34.9 Å². The number of carbonyl (C=O) groups excluding carboxylic acids is 2. The summed E-state index contributed by atoms with van der Waals surface area (Å²) in [7, 11) is 0. The fourth-order valence-electron chi connectivity index (χ4n) is 0.119. The van der Waals surface area contributed by atoms with Crippen LogP contribution >= 0.6 is 0 Å². The van der Waals surface area contributed by atoms with E-state index in [1.54, 1.807) is 5.32 Å². The molecule has 9 heavy (non-hydrogen) atoms. The average Bonchev–Trinajstić information content (AvgIpc) is 1.68. The zero-order valence-electron chi connectivity index (χ0n) is 5.14. The molecule has 2 amide bonds. The second kappa shape index (κ2) is 10.7. The van der Waals surface area contributed by atoms with Crippen molar-refractivity contribution in [1.29, 1.82) is 0 Å². The van der Waals surface area contributed by atoms with Crippen molar-refractivity contribution in [2.75, 3.05) is 0 Å². The van der Waals surface area contributed by atoms with Gasteiger partial charge in [0.05, 0.1) is 6.41 Å². The number of imide groups is 1. The summed E-state index contributed by atoms with van der Waals surface area (Å²) in [5.74, 6) is -0.407. The van der Waals surface area contributed by atoms with Gasteiger partial charge in [-0.3, -0.25) is 0 Å². The van der Waals surface area contributed by atoms with Crippen LogP contribution in [0.2, 0.25) is 0 Å². The Balaban J connectivity index is -0.000000180. The molecule has 0 aliphatic heterocycles. The van der Waals surface area contributed by atoms with Crippen LogP contribution in [0.3, 0.4) is 0 Å². The zero-order valence-corrected chi connectivity index (χ0v) is 8.07. The van der Waals surface area contributed by atoms with Gasteiger partial charge < -0.3 is 29.3 Å². The summed E-state index contributed by atoms with van der Waals surface area (Å²) in [4.78, 5) is 19.3. The minimum absolute atomic E-state index is 0. The van der Waals surface area contributed by atoms with E-state index in [4.69, 9.17) is 0 Å². The first kappa shape index (κ1) is 15.9. The number of nitrogens with one attached hydrogen (secondary N) is 1. The van der Waals surface area contributed by atoms with Crippen LogP contribution in [-0.2, 0) is 30.7 Å². The SMILES string of the molecule is [CH2-]CC(=O)N[C-]=O.[CH3-].[W]. The van der Waals surface area contributed by atoms with Crippen molar-refractivity contribution in [2.45, 2.75) is 6.42 Å². The van der Waals surface area contributed by atoms with Crippen LogP contribution < -0.4 is 5.32 Å². The van der Waals surface area contributed by atoms with Crippen LogP contribution in [0.4, 0.5) is 0 Å². The third-order valence-electron chi connectivity index (χ3n) is 0.418. The summed E-state index contributed by atoms with van der Waals surface area (Å²) in [6.07, 6.45) is 1.31. The molecule has 0 saturated heterocycles. The first-order valence-electron chi connectivity index (χ1n) is 1.76. The quantitative estimate of drug-likeness (QED) is 0.569. The zero-order chi connectivity index (χ0) is 5.70. The van der Waals surface area contributed by atoms with Crippen molar-refractivity contribution in [2.24, 2.45) is 0 Å². The van der Waals surface area contributed by atoms with Gasteiger partial charge in [-0.1, -0.05) is 0 Å². The Morgan fingerprint density at radius 1 is 1.67 bits per heavy atom. The smallest absolute Gasteiger partial charge is 0.0713 e. The second-order valence-corrected chi connectivity index (χ2v) is 0.900. The molecule has 0 fully saturated rings. The van der Waals surface area contributed by atoms with E-state index in [0.29, 0.717) is 0 Å². The van der Waals surface area contributed by atoms with Crippen molar-refractivity contribution < 1.29 is 30.7 Å². The standard InChI is InChI=1S/C4H5NO2.CH3.W/c1-2-4(7)5-3-6;;/h1-2H2,(H,5,6,7);1H3;/q-2;-1;. The van der Waals surface area contributed by atoms with Crippen LogP contribution in [-0.4, -0.2) is 12.3 Å². The number of amides is 2. The largest absolute Gasteiger partial charge is 0.464 e. The van der Waals surface area contributed by atoms with Crippen molar-refractivity contribution in [3.63, 3.8) is 0 Å². The van der Waals surface area contributed by atoms with Crippen LogP contribution in [0.5, 0.6) is 0 Å². The molecule has 0 aromatic heterocycles. The van der Waals surface area contributed by atoms with E-state index in [2.05, 4.69) is 6.92 Å². The van der Waals surface area contributed by atoms with Crippen LogP contribution in [0, 0.1) is 14.4 Å². The fourth-order valence-corrected chi connectivity index (χ4v) is 0.119. The molecule has 0 aliphatic rings. The minimum atomic E-state index is -0.407. The Morgan fingerprint density at radius 2 is 2.11 bits per heavy atom. The summed E-state index contributed by atoms with van der Waals surface area (Å²) in [6.45, 7) is 3.21. The molecule has 1 N–H and O–H groups in total.